The lowest BCUT2D eigenvalue weighted by atomic mass is 10.3. The molecule has 19 heavy (non-hydrogen) atoms. The second kappa shape index (κ2) is 5.85. The van der Waals surface area contributed by atoms with Gasteiger partial charge in [0.2, 0.25) is 15.5 Å². The van der Waals surface area contributed by atoms with Gasteiger partial charge in [-0.1, -0.05) is 6.92 Å². The van der Waals surface area contributed by atoms with E-state index in [1.807, 2.05) is 0 Å². The van der Waals surface area contributed by atoms with E-state index >= 15 is 0 Å². The molecule has 0 radical (unpaired) electrons. The minimum atomic E-state index is -3.67. The first kappa shape index (κ1) is 14.2. The predicted octanol–water partition coefficient (Wildman–Crippen LogP) is 0.0912. The first-order valence-corrected chi connectivity index (χ1v) is 7.89. The third-order valence-corrected chi connectivity index (χ3v) is 5.20. The van der Waals surface area contributed by atoms with Crippen molar-refractivity contribution in [3.8, 4) is 0 Å². The van der Waals surface area contributed by atoms with Crippen molar-refractivity contribution in [2.75, 3.05) is 32.7 Å². The molecule has 1 aliphatic heterocycles. The quantitative estimate of drug-likeness (QED) is 0.851. The van der Waals surface area contributed by atoms with Crippen molar-refractivity contribution >= 4 is 10.0 Å². The molecule has 0 bridgehead atoms. The highest BCUT2D eigenvalue weighted by atomic mass is 32.2. The second-order valence-electron chi connectivity index (χ2n) is 4.62. The highest BCUT2D eigenvalue weighted by Crippen LogP contribution is 2.13. The molecule has 1 aromatic rings. The van der Waals surface area contributed by atoms with Crippen LogP contribution in [0.25, 0.3) is 0 Å². The minimum Gasteiger partial charge on any atom is -0.366 e. The van der Waals surface area contributed by atoms with Gasteiger partial charge in [-0.2, -0.15) is 4.31 Å². The molecule has 7 heteroatoms. The molecule has 1 aromatic heterocycles. The Labute approximate surface area is 113 Å². The summed E-state index contributed by atoms with van der Waals surface area (Å²) in [6, 6.07) is 1.24. The average Bonchev–Trinajstić information content (AvgIpc) is 2.40. The summed E-state index contributed by atoms with van der Waals surface area (Å²) in [5.74, 6) is 0. The Morgan fingerprint density at radius 3 is 2.53 bits per heavy atom. The van der Waals surface area contributed by atoms with Crippen LogP contribution in [0.15, 0.2) is 28.2 Å². The van der Waals surface area contributed by atoms with Crippen molar-refractivity contribution < 1.29 is 8.42 Å². The summed E-state index contributed by atoms with van der Waals surface area (Å²) in [5.41, 5.74) is -0.463. The molecule has 1 fully saturated rings. The van der Waals surface area contributed by atoms with Gasteiger partial charge in [-0.3, -0.25) is 4.79 Å². The van der Waals surface area contributed by atoms with E-state index in [-0.39, 0.29) is 4.90 Å². The highest BCUT2D eigenvalue weighted by Gasteiger charge is 2.29. The number of H-pyrrole nitrogens is 1. The monoisotopic (exact) mass is 285 g/mol. The topological polar surface area (TPSA) is 73.5 Å². The minimum absolute atomic E-state index is 0.168. The first-order valence-electron chi connectivity index (χ1n) is 6.45. The largest absolute Gasteiger partial charge is 0.366 e. The van der Waals surface area contributed by atoms with Crippen LogP contribution < -0.4 is 5.43 Å². The van der Waals surface area contributed by atoms with Gasteiger partial charge in [0.25, 0.3) is 0 Å². The van der Waals surface area contributed by atoms with Crippen LogP contribution in [0.1, 0.15) is 13.3 Å². The Hall–Kier alpha value is -1.18. The number of nitrogens with one attached hydrogen (secondary N) is 1. The number of sulfonamides is 1. The van der Waals surface area contributed by atoms with Gasteiger partial charge in [0, 0.05) is 44.6 Å². The summed E-state index contributed by atoms with van der Waals surface area (Å²) in [5, 5.41) is 0. The van der Waals surface area contributed by atoms with E-state index in [9.17, 15) is 13.2 Å². The Morgan fingerprint density at radius 1 is 1.26 bits per heavy atom. The van der Waals surface area contributed by atoms with Crippen molar-refractivity contribution in [2.24, 2.45) is 0 Å². The zero-order valence-electron chi connectivity index (χ0n) is 11.0. The molecule has 6 nitrogen and oxygen atoms in total. The van der Waals surface area contributed by atoms with Gasteiger partial charge in [0.05, 0.1) is 0 Å². The number of hydrogen-bond acceptors (Lipinski definition) is 4. The van der Waals surface area contributed by atoms with E-state index in [2.05, 4.69) is 16.8 Å². The van der Waals surface area contributed by atoms with E-state index in [1.54, 1.807) is 0 Å². The van der Waals surface area contributed by atoms with Crippen molar-refractivity contribution in [3.63, 3.8) is 0 Å². The SMILES string of the molecule is CCCN1CCN(S(=O)(=O)c2c[nH]ccc2=O)CC1. The van der Waals surface area contributed by atoms with Crippen LogP contribution in [-0.2, 0) is 10.0 Å². The molecule has 1 N–H and O–H groups in total. The van der Waals surface area contributed by atoms with Crippen molar-refractivity contribution in [1.82, 2.24) is 14.2 Å². The molecule has 2 heterocycles. The molecule has 1 saturated heterocycles. The smallest absolute Gasteiger partial charge is 0.248 e. The van der Waals surface area contributed by atoms with E-state index in [1.165, 1.54) is 22.8 Å². The molecule has 0 aliphatic carbocycles. The Kier molecular flexibility index (Phi) is 4.38. The van der Waals surface area contributed by atoms with Crippen LogP contribution in [0.5, 0.6) is 0 Å². The zero-order valence-corrected chi connectivity index (χ0v) is 11.8. The number of piperazine rings is 1. The number of aromatic amines is 1. The molecule has 1 aliphatic rings. The number of pyridine rings is 1. The highest BCUT2D eigenvalue weighted by molar-refractivity contribution is 7.89. The summed E-state index contributed by atoms with van der Waals surface area (Å²) in [6.45, 7) is 5.41. The summed E-state index contributed by atoms with van der Waals surface area (Å²) in [7, 11) is -3.67. The van der Waals surface area contributed by atoms with E-state index in [4.69, 9.17) is 0 Å². The van der Waals surface area contributed by atoms with Gasteiger partial charge in [-0.25, -0.2) is 8.42 Å². The lowest BCUT2D eigenvalue weighted by Crippen LogP contribution is -2.49. The molecule has 106 valence electrons. The number of rotatable bonds is 4. The van der Waals surface area contributed by atoms with Crippen LogP contribution in [0.2, 0.25) is 0 Å². The normalized spacial score (nSPS) is 18.6. The van der Waals surface area contributed by atoms with E-state index in [0.29, 0.717) is 13.1 Å². The second-order valence-corrected chi connectivity index (χ2v) is 6.52. The van der Waals surface area contributed by atoms with E-state index in [0.717, 1.165) is 26.1 Å². The summed E-state index contributed by atoms with van der Waals surface area (Å²) >= 11 is 0. The van der Waals surface area contributed by atoms with Crippen molar-refractivity contribution in [3.05, 3.63) is 28.7 Å². The fraction of sp³-hybridized carbons (Fsp3) is 0.583. The Balaban J connectivity index is 2.15. The van der Waals surface area contributed by atoms with Gasteiger partial charge in [-0.15, -0.1) is 0 Å². The summed E-state index contributed by atoms with van der Waals surface area (Å²) in [4.78, 5) is 16.4. The van der Waals surface area contributed by atoms with Gasteiger partial charge in [0.15, 0.2) is 0 Å². The predicted molar refractivity (Wildman–Crippen MR) is 72.6 cm³/mol. The molecule has 0 atom stereocenters. The Morgan fingerprint density at radius 2 is 1.95 bits per heavy atom. The maximum absolute atomic E-state index is 12.4. The van der Waals surface area contributed by atoms with Crippen LogP contribution in [0.3, 0.4) is 0 Å². The lowest BCUT2D eigenvalue weighted by Gasteiger charge is -2.33. The molecular weight excluding hydrogens is 266 g/mol. The number of nitrogens with zero attached hydrogens (tertiary/aromatic N) is 2. The maximum atomic E-state index is 12.4. The molecule has 0 unspecified atom stereocenters. The molecule has 0 aromatic carbocycles. The number of hydrogen-bond donors (Lipinski definition) is 1. The maximum Gasteiger partial charge on any atom is 0.248 e. The molecular formula is C12H19N3O3S. The van der Waals surface area contributed by atoms with Crippen LogP contribution in [0.4, 0.5) is 0 Å². The van der Waals surface area contributed by atoms with Gasteiger partial charge in [0.1, 0.15) is 4.90 Å². The third-order valence-electron chi connectivity index (χ3n) is 3.28. The Bertz CT molecular complexity index is 574. The van der Waals surface area contributed by atoms with Crippen LogP contribution in [0, 0.1) is 0 Å². The van der Waals surface area contributed by atoms with Crippen molar-refractivity contribution in [1.29, 1.82) is 0 Å². The molecule has 2 rings (SSSR count). The van der Waals surface area contributed by atoms with Gasteiger partial charge >= 0.3 is 0 Å². The molecule has 0 saturated carbocycles. The van der Waals surface area contributed by atoms with Crippen LogP contribution >= 0.6 is 0 Å². The third kappa shape index (κ3) is 3.05. The summed E-state index contributed by atoms with van der Waals surface area (Å²) in [6.07, 6.45) is 3.75. The fourth-order valence-electron chi connectivity index (χ4n) is 2.25. The first-order chi connectivity index (χ1) is 9.05. The van der Waals surface area contributed by atoms with Gasteiger partial charge < -0.3 is 9.88 Å². The fourth-order valence-corrected chi connectivity index (χ4v) is 3.71. The van der Waals surface area contributed by atoms with Gasteiger partial charge in [-0.05, 0) is 13.0 Å². The van der Waals surface area contributed by atoms with E-state index < -0.39 is 15.5 Å². The number of aromatic nitrogens is 1. The lowest BCUT2D eigenvalue weighted by molar-refractivity contribution is 0.188. The summed E-state index contributed by atoms with van der Waals surface area (Å²) < 4.78 is 26.1. The zero-order chi connectivity index (χ0) is 13.9. The average molecular weight is 285 g/mol. The molecule has 0 spiro atoms. The van der Waals surface area contributed by atoms with Crippen molar-refractivity contribution in [2.45, 2.75) is 18.2 Å². The molecule has 0 amide bonds. The van der Waals surface area contributed by atoms with Crippen LogP contribution in [-0.4, -0.2) is 55.3 Å². The standard InChI is InChI=1S/C12H19N3O3S/c1-2-5-14-6-8-15(9-7-14)19(17,18)12-10-13-4-3-11(12)16/h3-4,10H,2,5-9H2,1H3,(H,13,16).